The molecule has 0 radical (unpaired) electrons. The molecule has 0 spiro atoms. The van der Waals surface area contributed by atoms with Crippen LogP contribution in [0.15, 0.2) is 0 Å². The Balaban J connectivity index is 1.63. The average Bonchev–Trinajstić information content (AvgIpc) is 2.95. The van der Waals surface area contributed by atoms with E-state index in [1.165, 1.54) is 0 Å². The lowest BCUT2D eigenvalue weighted by Gasteiger charge is -2.45. The Kier molecular flexibility index (Phi) is 14.4. The van der Waals surface area contributed by atoms with E-state index < -0.39 is 93.0 Å². The molecule has 6 N–H and O–H groups in total. The zero-order chi connectivity index (χ0) is 31.8. The van der Waals surface area contributed by atoms with E-state index in [2.05, 4.69) is 0 Å². The Hall–Kier alpha value is -1.05. The van der Waals surface area contributed by atoms with Gasteiger partial charge in [0, 0.05) is 25.9 Å². The van der Waals surface area contributed by atoms with Crippen LogP contribution in [0.3, 0.4) is 0 Å². The lowest BCUT2D eigenvalue weighted by Crippen LogP contribution is -2.59. The standard InChI is InChI=1S/C28H50O15/c1-6-17(14(5)37-13(3)4)38-21-8-15(31)25(20(12-30)40-21)41-22-9-16(32)26(27(43-22)28(34)35)42-23-10-18(36-7-2)24(33)19(11-29)39-23/h13-27,29-33H,6-12H2,1-5H3,(H,34,35)/t14-,15+,16+,17+,18?,19+,20+,21?,22?,23?,24-,25-,26-,27-/m0/s1. The third kappa shape index (κ3) is 9.72. The highest BCUT2D eigenvalue weighted by molar-refractivity contribution is 5.73. The van der Waals surface area contributed by atoms with Gasteiger partial charge in [-0.15, -0.1) is 0 Å². The molecule has 43 heavy (non-hydrogen) atoms. The Bertz CT molecular complexity index is 832. The number of aliphatic hydroxyl groups is 5. The molecule has 0 amide bonds. The first-order valence-electron chi connectivity index (χ1n) is 15.1. The van der Waals surface area contributed by atoms with Crippen molar-refractivity contribution >= 4 is 5.97 Å². The summed E-state index contributed by atoms with van der Waals surface area (Å²) in [6.07, 6.45) is -14.1. The summed E-state index contributed by atoms with van der Waals surface area (Å²) in [4.78, 5) is 12.2. The van der Waals surface area contributed by atoms with Crippen molar-refractivity contribution < 1.29 is 73.3 Å². The number of aliphatic carboxylic acids is 1. The monoisotopic (exact) mass is 626 g/mol. The number of carboxylic acids is 1. The molecule has 0 aliphatic carbocycles. The third-order valence-electron chi connectivity index (χ3n) is 7.77. The van der Waals surface area contributed by atoms with Crippen LogP contribution in [0.25, 0.3) is 0 Å². The fourth-order valence-electron chi connectivity index (χ4n) is 5.72. The molecule has 3 heterocycles. The number of aliphatic hydroxyl groups excluding tert-OH is 5. The molecule has 0 saturated carbocycles. The maximum atomic E-state index is 12.2. The molecule has 15 nitrogen and oxygen atoms in total. The van der Waals surface area contributed by atoms with Crippen LogP contribution < -0.4 is 0 Å². The fraction of sp³-hybridized carbons (Fsp3) is 0.964. The minimum Gasteiger partial charge on any atom is -0.479 e. The number of hydrogen-bond donors (Lipinski definition) is 6. The molecule has 3 aliphatic rings. The first kappa shape index (κ1) is 36.4. The van der Waals surface area contributed by atoms with Crippen molar-refractivity contribution in [2.45, 2.75) is 152 Å². The van der Waals surface area contributed by atoms with Gasteiger partial charge in [0.1, 0.15) is 30.5 Å². The fourth-order valence-corrected chi connectivity index (χ4v) is 5.72. The van der Waals surface area contributed by atoms with Crippen molar-refractivity contribution in [3.63, 3.8) is 0 Å². The predicted molar refractivity (Wildman–Crippen MR) is 146 cm³/mol. The summed E-state index contributed by atoms with van der Waals surface area (Å²) in [5.41, 5.74) is 0. The van der Waals surface area contributed by atoms with E-state index >= 15 is 0 Å². The maximum absolute atomic E-state index is 12.2. The van der Waals surface area contributed by atoms with E-state index in [4.69, 9.17) is 37.9 Å². The highest BCUT2D eigenvalue weighted by atomic mass is 16.7. The Morgan fingerprint density at radius 1 is 0.837 bits per heavy atom. The molecule has 3 fully saturated rings. The first-order chi connectivity index (χ1) is 20.4. The highest BCUT2D eigenvalue weighted by Crippen LogP contribution is 2.33. The summed E-state index contributed by atoms with van der Waals surface area (Å²) in [6.45, 7) is 8.62. The average molecular weight is 627 g/mol. The summed E-state index contributed by atoms with van der Waals surface area (Å²) in [5.74, 6) is -1.44. The van der Waals surface area contributed by atoms with Crippen LogP contribution in [-0.2, 0) is 42.7 Å². The molecule has 3 aliphatic heterocycles. The van der Waals surface area contributed by atoms with Crippen molar-refractivity contribution in [3.05, 3.63) is 0 Å². The van der Waals surface area contributed by atoms with Crippen molar-refractivity contribution in [1.82, 2.24) is 0 Å². The molecule has 0 aromatic carbocycles. The molecule has 3 saturated heterocycles. The van der Waals surface area contributed by atoms with Gasteiger partial charge in [-0.25, -0.2) is 4.79 Å². The Morgan fingerprint density at radius 3 is 2.00 bits per heavy atom. The number of carboxylic acid groups (broad SMARTS) is 1. The first-order valence-corrected chi connectivity index (χ1v) is 15.1. The van der Waals surface area contributed by atoms with Crippen LogP contribution in [0, 0.1) is 0 Å². The molecule has 14 atom stereocenters. The topological polar surface area (TPSA) is 212 Å². The van der Waals surface area contributed by atoms with E-state index in [1.54, 1.807) is 6.92 Å². The van der Waals surface area contributed by atoms with Gasteiger partial charge in [-0.3, -0.25) is 0 Å². The molecule has 0 aromatic rings. The second-order valence-corrected chi connectivity index (χ2v) is 11.4. The second-order valence-electron chi connectivity index (χ2n) is 11.4. The van der Waals surface area contributed by atoms with Gasteiger partial charge in [0.2, 0.25) is 0 Å². The normalized spacial score (nSPS) is 40.3. The van der Waals surface area contributed by atoms with Crippen LogP contribution in [0.1, 0.15) is 60.3 Å². The molecule has 15 heteroatoms. The molecule has 252 valence electrons. The van der Waals surface area contributed by atoms with Gasteiger partial charge in [-0.1, -0.05) is 6.92 Å². The van der Waals surface area contributed by atoms with E-state index in [1.807, 2.05) is 27.7 Å². The highest BCUT2D eigenvalue weighted by Gasteiger charge is 2.49. The summed E-state index contributed by atoms with van der Waals surface area (Å²) in [5, 5.41) is 61.7. The van der Waals surface area contributed by atoms with Gasteiger partial charge < -0.3 is 68.5 Å². The van der Waals surface area contributed by atoms with Crippen LogP contribution in [0.5, 0.6) is 0 Å². The number of carbonyl (C=O) groups is 1. The van der Waals surface area contributed by atoms with Gasteiger partial charge in [-0.05, 0) is 34.1 Å². The van der Waals surface area contributed by atoms with E-state index in [0.29, 0.717) is 6.42 Å². The number of hydrogen-bond acceptors (Lipinski definition) is 14. The van der Waals surface area contributed by atoms with Gasteiger partial charge in [0.15, 0.2) is 25.0 Å². The smallest absolute Gasteiger partial charge is 0.335 e. The van der Waals surface area contributed by atoms with Crippen molar-refractivity contribution in [1.29, 1.82) is 0 Å². The Morgan fingerprint density at radius 2 is 1.42 bits per heavy atom. The van der Waals surface area contributed by atoms with Crippen LogP contribution in [0.2, 0.25) is 0 Å². The van der Waals surface area contributed by atoms with E-state index in [-0.39, 0.29) is 44.2 Å². The lowest BCUT2D eigenvalue weighted by molar-refractivity contribution is -0.341. The maximum Gasteiger partial charge on any atom is 0.335 e. The number of ether oxygens (including phenoxy) is 8. The van der Waals surface area contributed by atoms with Crippen molar-refractivity contribution in [2.24, 2.45) is 0 Å². The summed E-state index contributed by atoms with van der Waals surface area (Å²) in [6, 6.07) is 0. The molecule has 3 rings (SSSR count). The summed E-state index contributed by atoms with van der Waals surface area (Å²) < 4.78 is 46.2. The molecular weight excluding hydrogens is 576 g/mol. The van der Waals surface area contributed by atoms with Gasteiger partial charge >= 0.3 is 5.97 Å². The van der Waals surface area contributed by atoms with Crippen LogP contribution >= 0.6 is 0 Å². The molecular formula is C28H50O15. The van der Waals surface area contributed by atoms with Gasteiger partial charge in [-0.2, -0.15) is 0 Å². The van der Waals surface area contributed by atoms with E-state index in [9.17, 15) is 35.4 Å². The van der Waals surface area contributed by atoms with Crippen LogP contribution in [0.4, 0.5) is 0 Å². The van der Waals surface area contributed by atoms with Crippen LogP contribution in [-0.4, -0.2) is 149 Å². The quantitative estimate of drug-likeness (QED) is 0.132. The largest absolute Gasteiger partial charge is 0.479 e. The predicted octanol–water partition coefficient (Wildman–Crippen LogP) is -0.732. The van der Waals surface area contributed by atoms with Gasteiger partial charge in [0.05, 0.1) is 49.8 Å². The van der Waals surface area contributed by atoms with Crippen molar-refractivity contribution in [3.8, 4) is 0 Å². The zero-order valence-corrected chi connectivity index (χ0v) is 25.5. The second kappa shape index (κ2) is 17.0. The summed E-state index contributed by atoms with van der Waals surface area (Å²) >= 11 is 0. The van der Waals surface area contributed by atoms with Crippen molar-refractivity contribution in [2.75, 3.05) is 19.8 Å². The molecule has 0 bridgehead atoms. The number of rotatable bonds is 15. The third-order valence-corrected chi connectivity index (χ3v) is 7.77. The van der Waals surface area contributed by atoms with E-state index in [0.717, 1.165) is 0 Å². The Labute approximate surface area is 251 Å². The lowest BCUT2D eigenvalue weighted by atomic mass is 9.98. The minimum atomic E-state index is -1.69. The zero-order valence-electron chi connectivity index (χ0n) is 25.5. The SMILES string of the molecule is CCOC1CC(O[C@H]2[C@H](O)CC(O[C@H]3[C@H](O)CC(O[C@H](CC)[C@H](C)OC(C)C)O[C@@H]3CO)O[C@@H]2C(=O)O)O[C@H](CO)[C@H]1O. The minimum absolute atomic E-state index is 0.00727. The molecule has 0 aromatic heterocycles. The summed E-state index contributed by atoms with van der Waals surface area (Å²) in [7, 11) is 0. The molecule has 4 unspecified atom stereocenters. The van der Waals surface area contributed by atoms with Gasteiger partial charge in [0.25, 0.3) is 0 Å².